The van der Waals surface area contributed by atoms with Gasteiger partial charge in [0.25, 0.3) is 0 Å². The molecule has 0 aliphatic carbocycles. The summed E-state index contributed by atoms with van der Waals surface area (Å²) in [5.74, 6) is 1.03. The Morgan fingerprint density at radius 1 is 1.53 bits per heavy atom. The Morgan fingerprint density at radius 3 is 3.11 bits per heavy atom. The van der Waals surface area contributed by atoms with Crippen molar-refractivity contribution in [3.05, 3.63) is 23.4 Å². The van der Waals surface area contributed by atoms with E-state index in [0.717, 1.165) is 48.9 Å². The van der Waals surface area contributed by atoms with Crippen LogP contribution in [0.2, 0.25) is 0 Å². The standard InChI is InChI=1S/C14H19N3O2/c1-3-17-7-6-13(16-19-9-11-8-18-11)12-5-4-10(2)15-14(12)17/h4-5,11H,3,6-9H2,1-2H3/b16-13+. The zero-order valence-corrected chi connectivity index (χ0v) is 11.4. The molecule has 19 heavy (non-hydrogen) atoms. The summed E-state index contributed by atoms with van der Waals surface area (Å²) in [7, 11) is 0. The average Bonchev–Trinajstić information content (AvgIpc) is 3.22. The molecule has 2 aliphatic rings. The highest BCUT2D eigenvalue weighted by Crippen LogP contribution is 2.25. The molecule has 3 rings (SSSR count). The summed E-state index contributed by atoms with van der Waals surface area (Å²) >= 11 is 0. The third-order valence-corrected chi connectivity index (χ3v) is 3.46. The minimum atomic E-state index is 0.246. The summed E-state index contributed by atoms with van der Waals surface area (Å²) in [4.78, 5) is 12.3. The fourth-order valence-corrected chi connectivity index (χ4v) is 2.26. The Kier molecular flexibility index (Phi) is 3.38. The van der Waals surface area contributed by atoms with Gasteiger partial charge in [-0.2, -0.15) is 0 Å². The van der Waals surface area contributed by atoms with Crippen LogP contribution in [0.4, 0.5) is 5.82 Å². The van der Waals surface area contributed by atoms with Crippen molar-refractivity contribution in [1.29, 1.82) is 0 Å². The summed E-state index contributed by atoms with van der Waals surface area (Å²) in [5, 5.41) is 4.27. The number of pyridine rings is 1. The maximum absolute atomic E-state index is 5.37. The van der Waals surface area contributed by atoms with Gasteiger partial charge in [-0.1, -0.05) is 5.16 Å². The van der Waals surface area contributed by atoms with Crippen molar-refractivity contribution in [2.75, 3.05) is 31.2 Å². The second kappa shape index (κ2) is 5.17. The van der Waals surface area contributed by atoms with Crippen LogP contribution in [0.25, 0.3) is 0 Å². The van der Waals surface area contributed by atoms with Gasteiger partial charge in [0.2, 0.25) is 0 Å². The largest absolute Gasteiger partial charge is 0.393 e. The Bertz CT molecular complexity index is 497. The minimum Gasteiger partial charge on any atom is -0.393 e. The van der Waals surface area contributed by atoms with Crippen LogP contribution < -0.4 is 4.90 Å². The van der Waals surface area contributed by atoms with Gasteiger partial charge in [-0.05, 0) is 26.0 Å². The SMILES string of the molecule is CCN1CC/C(=N\OCC2CO2)c2ccc(C)nc21. The number of anilines is 1. The fraction of sp³-hybridized carbons (Fsp3) is 0.571. The number of epoxide rings is 1. The Labute approximate surface area is 113 Å². The normalized spacial score (nSPS) is 23.4. The monoisotopic (exact) mass is 261 g/mol. The minimum absolute atomic E-state index is 0.246. The molecule has 0 radical (unpaired) electrons. The highest BCUT2D eigenvalue weighted by atomic mass is 16.7. The zero-order chi connectivity index (χ0) is 13.2. The van der Waals surface area contributed by atoms with E-state index >= 15 is 0 Å². The van der Waals surface area contributed by atoms with E-state index in [1.54, 1.807) is 0 Å². The van der Waals surface area contributed by atoms with Gasteiger partial charge in [0.15, 0.2) is 0 Å². The Balaban J connectivity index is 1.83. The van der Waals surface area contributed by atoms with Crippen LogP contribution in [0, 0.1) is 6.92 Å². The molecule has 3 heterocycles. The average molecular weight is 261 g/mol. The van der Waals surface area contributed by atoms with Crippen molar-refractivity contribution in [1.82, 2.24) is 4.98 Å². The van der Waals surface area contributed by atoms with Crippen LogP contribution in [0.15, 0.2) is 17.3 Å². The van der Waals surface area contributed by atoms with Crippen LogP contribution in [-0.2, 0) is 9.57 Å². The van der Waals surface area contributed by atoms with Crippen molar-refractivity contribution in [2.24, 2.45) is 5.16 Å². The van der Waals surface area contributed by atoms with Crippen LogP contribution in [0.5, 0.6) is 0 Å². The number of rotatable bonds is 4. The number of nitrogens with zero attached hydrogens (tertiary/aromatic N) is 3. The van der Waals surface area contributed by atoms with Crippen LogP contribution >= 0.6 is 0 Å². The molecule has 1 saturated heterocycles. The van der Waals surface area contributed by atoms with Crippen molar-refractivity contribution in [3.63, 3.8) is 0 Å². The van der Waals surface area contributed by atoms with Crippen molar-refractivity contribution < 1.29 is 9.57 Å². The molecule has 1 aromatic heterocycles. The van der Waals surface area contributed by atoms with E-state index in [1.807, 2.05) is 13.0 Å². The van der Waals surface area contributed by atoms with Gasteiger partial charge in [-0.15, -0.1) is 0 Å². The summed E-state index contributed by atoms with van der Waals surface area (Å²) in [6.07, 6.45) is 1.15. The van der Waals surface area contributed by atoms with Gasteiger partial charge in [0, 0.05) is 30.8 Å². The third kappa shape index (κ3) is 2.71. The van der Waals surface area contributed by atoms with Gasteiger partial charge in [-0.3, -0.25) is 0 Å². The van der Waals surface area contributed by atoms with Crippen LogP contribution in [0.3, 0.4) is 0 Å². The predicted molar refractivity (Wildman–Crippen MR) is 73.7 cm³/mol. The lowest BCUT2D eigenvalue weighted by Gasteiger charge is -2.29. The third-order valence-electron chi connectivity index (χ3n) is 3.46. The summed E-state index contributed by atoms with van der Waals surface area (Å²) in [6.45, 7) is 7.42. The molecule has 1 fully saturated rings. The maximum atomic E-state index is 5.37. The molecule has 0 N–H and O–H groups in total. The Morgan fingerprint density at radius 2 is 2.37 bits per heavy atom. The van der Waals surface area contributed by atoms with Gasteiger partial charge >= 0.3 is 0 Å². The quantitative estimate of drug-likeness (QED) is 0.612. The first-order valence-electron chi connectivity index (χ1n) is 6.81. The van der Waals surface area contributed by atoms with Crippen molar-refractivity contribution in [2.45, 2.75) is 26.4 Å². The molecule has 2 aliphatic heterocycles. The lowest BCUT2D eigenvalue weighted by atomic mass is 10.0. The highest BCUT2D eigenvalue weighted by molar-refractivity contribution is 6.05. The molecule has 5 heteroatoms. The van der Waals surface area contributed by atoms with Crippen molar-refractivity contribution >= 4 is 11.5 Å². The molecular weight excluding hydrogens is 242 g/mol. The van der Waals surface area contributed by atoms with E-state index in [2.05, 4.69) is 28.0 Å². The number of hydrogen-bond acceptors (Lipinski definition) is 5. The number of hydrogen-bond donors (Lipinski definition) is 0. The first-order chi connectivity index (χ1) is 9.28. The number of fused-ring (bicyclic) bond motifs is 1. The molecule has 0 saturated carbocycles. The van der Waals surface area contributed by atoms with Crippen LogP contribution in [0.1, 0.15) is 24.6 Å². The molecule has 102 valence electrons. The highest BCUT2D eigenvalue weighted by Gasteiger charge is 2.25. The smallest absolute Gasteiger partial charge is 0.145 e. The second-order valence-corrected chi connectivity index (χ2v) is 4.94. The Hall–Kier alpha value is -1.62. The molecule has 1 unspecified atom stereocenters. The molecule has 0 aromatic carbocycles. The molecule has 0 spiro atoms. The molecule has 0 bridgehead atoms. The van der Waals surface area contributed by atoms with E-state index in [0.29, 0.717) is 6.61 Å². The van der Waals surface area contributed by atoms with Gasteiger partial charge in [0.1, 0.15) is 18.5 Å². The van der Waals surface area contributed by atoms with Gasteiger partial charge < -0.3 is 14.5 Å². The first kappa shape index (κ1) is 12.4. The van der Waals surface area contributed by atoms with Gasteiger partial charge in [-0.25, -0.2) is 4.98 Å². The second-order valence-electron chi connectivity index (χ2n) is 4.94. The predicted octanol–water partition coefficient (Wildman–Crippen LogP) is 1.74. The lowest BCUT2D eigenvalue weighted by molar-refractivity contribution is 0.124. The van der Waals surface area contributed by atoms with E-state index in [4.69, 9.17) is 9.57 Å². The first-order valence-corrected chi connectivity index (χ1v) is 6.81. The van der Waals surface area contributed by atoms with E-state index in [-0.39, 0.29) is 6.10 Å². The fourth-order valence-electron chi connectivity index (χ4n) is 2.26. The van der Waals surface area contributed by atoms with Crippen LogP contribution in [-0.4, -0.2) is 43.1 Å². The van der Waals surface area contributed by atoms with Gasteiger partial charge in [0.05, 0.1) is 12.3 Å². The van der Waals surface area contributed by atoms with E-state index in [9.17, 15) is 0 Å². The molecule has 0 amide bonds. The number of ether oxygens (including phenoxy) is 1. The number of aryl methyl sites for hydroxylation is 1. The molecule has 1 aromatic rings. The van der Waals surface area contributed by atoms with E-state index in [1.165, 1.54) is 0 Å². The maximum Gasteiger partial charge on any atom is 0.145 e. The number of aromatic nitrogens is 1. The topological polar surface area (TPSA) is 50.2 Å². The molecule has 5 nitrogen and oxygen atoms in total. The summed E-state index contributed by atoms with van der Waals surface area (Å²) in [6, 6.07) is 4.12. The summed E-state index contributed by atoms with van der Waals surface area (Å²) in [5.41, 5.74) is 3.12. The lowest BCUT2D eigenvalue weighted by Crippen LogP contribution is -2.33. The zero-order valence-electron chi connectivity index (χ0n) is 11.4. The van der Waals surface area contributed by atoms with Crippen molar-refractivity contribution in [3.8, 4) is 0 Å². The summed E-state index contributed by atoms with van der Waals surface area (Å²) < 4.78 is 5.10. The molecule has 1 atom stereocenters. The molecular formula is C14H19N3O2. The van der Waals surface area contributed by atoms with E-state index < -0.39 is 0 Å². The number of oxime groups is 1.